The van der Waals surface area contributed by atoms with Gasteiger partial charge in [-0.25, -0.2) is 0 Å². The number of anilines is 3. The summed E-state index contributed by atoms with van der Waals surface area (Å²) in [5, 5.41) is 2.50. The molecular weight excluding hydrogens is 711 g/mol. The Labute approximate surface area is 346 Å². The smallest absolute Gasteiger partial charge is 0.0540 e. The van der Waals surface area contributed by atoms with Crippen molar-refractivity contribution < 1.29 is 0 Å². The van der Waals surface area contributed by atoms with Crippen molar-refractivity contribution in [3.05, 3.63) is 249 Å². The van der Waals surface area contributed by atoms with Gasteiger partial charge in [-0.05, 0) is 102 Å². The summed E-state index contributed by atoms with van der Waals surface area (Å²) in [5.41, 5.74) is 17.7. The summed E-state index contributed by atoms with van der Waals surface area (Å²) in [6.07, 6.45) is 0. The SMILES string of the molecule is c1ccc(-c2ccccc2-c2ccccc2-c2ccccc2-c2ccc(N(c3ccc(-c4cccc5ccccc45)cc3)c3ccccc3-c3ccccc3)cc2)cc1. The van der Waals surface area contributed by atoms with Crippen LogP contribution in [-0.2, 0) is 0 Å². The van der Waals surface area contributed by atoms with Crippen LogP contribution >= 0.6 is 0 Å². The molecule has 0 N–H and O–H groups in total. The monoisotopic (exact) mass is 751 g/mol. The Morgan fingerprint density at radius 1 is 0.203 bits per heavy atom. The summed E-state index contributed by atoms with van der Waals surface area (Å²) in [4.78, 5) is 2.39. The molecule has 10 aromatic rings. The molecular formula is C58H41N. The van der Waals surface area contributed by atoms with Crippen LogP contribution in [0.15, 0.2) is 249 Å². The zero-order chi connectivity index (χ0) is 39.4. The van der Waals surface area contributed by atoms with E-state index in [1.807, 2.05) is 0 Å². The summed E-state index contributed by atoms with van der Waals surface area (Å²) >= 11 is 0. The van der Waals surface area contributed by atoms with Crippen LogP contribution < -0.4 is 4.90 Å². The minimum absolute atomic E-state index is 1.09. The first-order chi connectivity index (χ1) is 29.3. The zero-order valence-electron chi connectivity index (χ0n) is 32.6. The third-order valence-electron chi connectivity index (χ3n) is 11.3. The van der Waals surface area contributed by atoms with E-state index in [4.69, 9.17) is 0 Å². The molecule has 0 saturated heterocycles. The van der Waals surface area contributed by atoms with Crippen LogP contribution in [-0.4, -0.2) is 0 Å². The Morgan fingerprint density at radius 2 is 0.542 bits per heavy atom. The van der Waals surface area contributed by atoms with Crippen molar-refractivity contribution in [2.45, 2.75) is 0 Å². The average molecular weight is 752 g/mol. The molecule has 59 heavy (non-hydrogen) atoms. The maximum Gasteiger partial charge on any atom is 0.0540 e. The summed E-state index contributed by atoms with van der Waals surface area (Å²) < 4.78 is 0. The van der Waals surface area contributed by atoms with Crippen LogP contribution in [0.2, 0.25) is 0 Å². The summed E-state index contributed by atoms with van der Waals surface area (Å²) in [7, 11) is 0. The molecule has 0 heterocycles. The van der Waals surface area contributed by atoms with Gasteiger partial charge in [0.05, 0.1) is 5.69 Å². The number of fused-ring (bicyclic) bond motifs is 1. The van der Waals surface area contributed by atoms with Crippen molar-refractivity contribution in [3.8, 4) is 66.8 Å². The highest BCUT2D eigenvalue weighted by molar-refractivity contribution is 5.98. The molecule has 10 aromatic carbocycles. The lowest BCUT2D eigenvalue weighted by Crippen LogP contribution is -2.11. The van der Waals surface area contributed by atoms with Gasteiger partial charge in [-0.15, -0.1) is 0 Å². The molecule has 0 aromatic heterocycles. The third kappa shape index (κ3) is 7.01. The first-order valence-corrected chi connectivity index (χ1v) is 20.3. The van der Waals surface area contributed by atoms with Crippen LogP contribution in [0.25, 0.3) is 77.5 Å². The largest absolute Gasteiger partial charge is 0.310 e. The Hall–Kier alpha value is -7.74. The van der Waals surface area contributed by atoms with E-state index < -0.39 is 0 Å². The van der Waals surface area contributed by atoms with Gasteiger partial charge in [0, 0.05) is 16.9 Å². The lowest BCUT2D eigenvalue weighted by molar-refractivity contribution is 1.28. The number of hydrogen-bond donors (Lipinski definition) is 0. The highest BCUT2D eigenvalue weighted by Crippen LogP contribution is 2.44. The highest BCUT2D eigenvalue weighted by atomic mass is 15.1. The van der Waals surface area contributed by atoms with E-state index in [2.05, 4.69) is 254 Å². The molecule has 0 aliphatic carbocycles. The fourth-order valence-corrected chi connectivity index (χ4v) is 8.52. The minimum atomic E-state index is 1.09. The van der Waals surface area contributed by atoms with Gasteiger partial charge in [0.25, 0.3) is 0 Å². The second-order valence-corrected chi connectivity index (χ2v) is 14.8. The average Bonchev–Trinajstić information content (AvgIpc) is 3.33. The highest BCUT2D eigenvalue weighted by Gasteiger charge is 2.19. The van der Waals surface area contributed by atoms with Crippen molar-refractivity contribution in [1.29, 1.82) is 0 Å². The van der Waals surface area contributed by atoms with Crippen molar-refractivity contribution in [3.63, 3.8) is 0 Å². The Morgan fingerprint density at radius 3 is 1.08 bits per heavy atom. The predicted octanol–water partition coefficient (Wildman–Crippen LogP) is 16.3. The Balaban J connectivity index is 1.07. The van der Waals surface area contributed by atoms with Crippen molar-refractivity contribution >= 4 is 27.8 Å². The van der Waals surface area contributed by atoms with E-state index in [-0.39, 0.29) is 0 Å². The zero-order valence-corrected chi connectivity index (χ0v) is 32.6. The van der Waals surface area contributed by atoms with Crippen molar-refractivity contribution in [2.75, 3.05) is 4.90 Å². The van der Waals surface area contributed by atoms with Gasteiger partial charge in [-0.3, -0.25) is 0 Å². The minimum Gasteiger partial charge on any atom is -0.310 e. The number of benzene rings is 10. The van der Waals surface area contributed by atoms with Gasteiger partial charge in [0.1, 0.15) is 0 Å². The quantitative estimate of drug-likeness (QED) is 0.142. The standard InChI is InChI=1S/C58H41N/c1-3-18-42(19-4-1)51-25-9-11-28-54(51)56-30-13-14-31-57(56)55-29-12-10-26-52(55)46-36-40-48(41-37-46)59(58-33-16-15-27-53(58)44-20-5-2-6-21-44)47-38-34-45(35-39-47)50-32-17-23-43-22-7-8-24-49(43)50/h1-41H. The maximum absolute atomic E-state index is 2.39. The summed E-state index contributed by atoms with van der Waals surface area (Å²) in [5.74, 6) is 0. The third-order valence-corrected chi connectivity index (χ3v) is 11.3. The van der Waals surface area contributed by atoms with Crippen LogP contribution in [0.3, 0.4) is 0 Å². The molecule has 0 spiro atoms. The van der Waals surface area contributed by atoms with E-state index >= 15 is 0 Å². The van der Waals surface area contributed by atoms with Gasteiger partial charge < -0.3 is 4.90 Å². The molecule has 0 atom stereocenters. The van der Waals surface area contributed by atoms with Gasteiger partial charge >= 0.3 is 0 Å². The first-order valence-electron chi connectivity index (χ1n) is 20.3. The van der Waals surface area contributed by atoms with Crippen LogP contribution in [0, 0.1) is 0 Å². The van der Waals surface area contributed by atoms with Crippen LogP contribution in [0.1, 0.15) is 0 Å². The van der Waals surface area contributed by atoms with Crippen LogP contribution in [0.4, 0.5) is 17.1 Å². The second-order valence-electron chi connectivity index (χ2n) is 14.8. The van der Waals surface area contributed by atoms with Gasteiger partial charge in [-0.2, -0.15) is 0 Å². The molecule has 10 rings (SSSR count). The van der Waals surface area contributed by atoms with Gasteiger partial charge in [0.2, 0.25) is 0 Å². The molecule has 1 nitrogen and oxygen atoms in total. The van der Waals surface area contributed by atoms with Crippen LogP contribution in [0.5, 0.6) is 0 Å². The normalized spacial score (nSPS) is 11.1. The van der Waals surface area contributed by atoms with Gasteiger partial charge in [-0.1, -0.05) is 218 Å². The molecule has 0 bridgehead atoms. The lowest BCUT2D eigenvalue weighted by atomic mass is 9.87. The van der Waals surface area contributed by atoms with E-state index in [0.29, 0.717) is 0 Å². The van der Waals surface area contributed by atoms with E-state index in [0.717, 1.165) is 22.6 Å². The van der Waals surface area contributed by atoms with E-state index in [1.54, 1.807) is 0 Å². The molecule has 1 heteroatoms. The summed E-state index contributed by atoms with van der Waals surface area (Å²) in [6, 6.07) is 89.7. The molecule has 0 saturated carbocycles. The van der Waals surface area contributed by atoms with Crippen molar-refractivity contribution in [1.82, 2.24) is 0 Å². The Kier molecular flexibility index (Phi) is 9.68. The lowest BCUT2D eigenvalue weighted by Gasteiger charge is -2.28. The van der Waals surface area contributed by atoms with Gasteiger partial charge in [0.15, 0.2) is 0 Å². The summed E-state index contributed by atoms with van der Waals surface area (Å²) in [6.45, 7) is 0. The number of para-hydroxylation sites is 1. The first kappa shape index (κ1) is 35.7. The predicted molar refractivity (Wildman–Crippen MR) is 251 cm³/mol. The fourth-order valence-electron chi connectivity index (χ4n) is 8.52. The van der Waals surface area contributed by atoms with E-state index in [9.17, 15) is 0 Å². The number of rotatable bonds is 9. The molecule has 0 aliphatic heterocycles. The molecule has 278 valence electrons. The molecule has 0 radical (unpaired) electrons. The number of nitrogens with zero attached hydrogens (tertiary/aromatic N) is 1. The molecule has 0 amide bonds. The second kappa shape index (κ2) is 16.0. The topological polar surface area (TPSA) is 3.24 Å². The maximum atomic E-state index is 2.39. The fraction of sp³-hybridized carbons (Fsp3) is 0. The molecule has 0 fully saturated rings. The molecule has 0 unspecified atom stereocenters. The van der Waals surface area contributed by atoms with E-state index in [1.165, 1.54) is 72.0 Å². The molecule has 0 aliphatic rings. The number of hydrogen-bond acceptors (Lipinski definition) is 1. The van der Waals surface area contributed by atoms with Crippen molar-refractivity contribution in [2.24, 2.45) is 0 Å². The Bertz CT molecular complexity index is 3010.